The van der Waals surface area contributed by atoms with Crippen molar-refractivity contribution in [3.8, 4) is 0 Å². The van der Waals surface area contributed by atoms with Crippen molar-refractivity contribution < 1.29 is 52.0 Å². The van der Waals surface area contributed by atoms with E-state index < -0.39 is 35.9 Å². The SMILES string of the molecule is CO.COC(=O)[C@@H]1C[C@H](OC/C=C/c2ccc(F)cc2)CN1C(=O)C(c1ccccc1)c1ccccc1.COC(=O)[C@@H]1C[C@H](OCCCc2ccc(F)cc2)CN1C(=O)C(c1ccccc1)c1ccccc1. The van der Waals surface area contributed by atoms with Gasteiger partial charge in [0.1, 0.15) is 23.7 Å². The lowest BCUT2D eigenvalue weighted by molar-refractivity contribution is -0.151. The van der Waals surface area contributed by atoms with Crippen molar-refractivity contribution in [1.82, 2.24) is 9.80 Å². The van der Waals surface area contributed by atoms with E-state index in [-0.39, 0.29) is 35.7 Å². The molecule has 2 saturated heterocycles. The Labute approximate surface area is 420 Å². The molecule has 0 spiro atoms. The lowest BCUT2D eigenvalue weighted by Gasteiger charge is -2.28. The van der Waals surface area contributed by atoms with Crippen LogP contribution >= 0.6 is 0 Å². The summed E-state index contributed by atoms with van der Waals surface area (Å²) in [5.74, 6) is -2.79. The number of aryl methyl sites for hydroxylation is 1. The number of methoxy groups -OCH3 is 2. The minimum atomic E-state index is -0.714. The molecule has 8 rings (SSSR count). The first kappa shape index (κ1) is 54.0. The van der Waals surface area contributed by atoms with Crippen LogP contribution in [0.3, 0.4) is 0 Å². The van der Waals surface area contributed by atoms with Gasteiger partial charge >= 0.3 is 11.9 Å². The topological polar surface area (TPSA) is 132 Å². The molecule has 2 aliphatic heterocycles. The summed E-state index contributed by atoms with van der Waals surface area (Å²) in [7, 11) is 3.67. The van der Waals surface area contributed by atoms with Crippen molar-refractivity contribution in [3.05, 3.63) is 221 Å². The Morgan fingerprint density at radius 2 is 0.931 bits per heavy atom. The van der Waals surface area contributed by atoms with Crippen LogP contribution in [0.1, 0.15) is 64.5 Å². The Bertz CT molecular complexity index is 2540. The minimum absolute atomic E-state index is 0.143. The number of esters is 2. The first-order valence-corrected chi connectivity index (χ1v) is 23.9. The van der Waals surface area contributed by atoms with Crippen LogP contribution in [0, 0.1) is 11.6 Å². The predicted octanol–water partition coefficient (Wildman–Crippen LogP) is 9.19. The quantitative estimate of drug-likeness (QED) is 0.0702. The molecule has 2 heterocycles. The van der Waals surface area contributed by atoms with Gasteiger partial charge in [0.05, 0.1) is 44.9 Å². The molecule has 2 aliphatic rings. The highest BCUT2D eigenvalue weighted by molar-refractivity contribution is 5.92. The lowest BCUT2D eigenvalue weighted by Crippen LogP contribution is -2.43. The van der Waals surface area contributed by atoms with Gasteiger partial charge in [-0.25, -0.2) is 18.4 Å². The molecule has 6 aromatic carbocycles. The monoisotopic (exact) mass is 980 g/mol. The van der Waals surface area contributed by atoms with E-state index in [1.54, 1.807) is 34.1 Å². The Morgan fingerprint density at radius 3 is 1.32 bits per heavy atom. The Morgan fingerprint density at radius 1 is 0.556 bits per heavy atom. The molecule has 2 amide bonds. The Balaban J connectivity index is 0.000000228. The number of likely N-dealkylation sites (tertiary alicyclic amines) is 2. The van der Waals surface area contributed by atoms with Gasteiger partial charge in [-0.15, -0.1) is 0 Å². The maximum Gasteiger partial charge on any atom is 0.328 e. The summed E-state index contributed by atoms with van der Waals surface area (Å²) in [6.07, 6.45) is 5.38. The number of aliphatic hydroxyl groups is 1. The number of rotatable bonds is 17. The van der Waals surface area contributed by atoms with Gasteiger partial charge in [-0.2, -0.15) is 0 Å². The van der Waals surface area contributed by atoms with Crippen LogP contribution in [0.5, 0.6) is 0 Å². The van der Waals surface area contributed by atoms with Crippen molar-refractivity contribution in [2.75, 3.05) is 47.6 Å². The minimum Gasteiger partial charge on any atom is -0.467 e. The molecule has 6 aromatic rings. The fraction of sp³-hybridized carbons (Fsp3) is 0.288. The molecular formula is C59H62F2N2O9. The standard InChI is InChI=1S/C29H30FNO4.C29H28FNO4.CH4O/c2*1-34-29(33)26-19-25(35-18-8-9-21-14-16-24(30)17-15-21)20-31(26)28(32)27(22-10-4-2-5-11-22)23-12-6-3-7-13-23;1-2/h2-7,10-17,25-27H,8-9,18-20H2,1H3;2-17,25-27H,18-20H2,1H3;2H,1H3/b;9-8+;/t2*25-,26-;/m00./s1. The van der Waals surface area contributed by atoms with Gasteiger partial charge in [-0.3, -0.25) is 9.59 Å². The second-order valence-corrected chi connectivity index (χ2v) is 17.2. The molecule has 11 nitrogen and oxygen atoms in total. The third kappa shape index (κ3) is 14.9. The van der Waals surface area contributed by atoms with Crippen molar-refractivity contribution in [2.45, 2.75) is 61.8 Å². The number of hydrogen-bond acceptors (Lipinski definition) is 9. The maximum atomic E-state index is 13.9. The molecule has 13 heteroatoms. The van der Waals surface area contributed by atoms with Crippen molar-refractivity contribution in [2.24, 2.45) is 0 Å². The van der Waals surface area contributed by atoms with E-state index in [2.05, 4.69) is 0 Å². The van der Waals surface area contributed by atoms with Crippen LogP contribution in [-0.2, 0) is 44.5 Å². The zero-order valence-electron chi connectivity index (χ0n) is 40.8. The Hall–Kier alpha value is -7.32. The fourth-order valence-electron chi connectivity index (χ4n) is 9.04. The normalized spacial score (nSPS) is 17.2. The second kappa shape index (κ2) is 27.9. The molecule has 2 fully saturated rings. The van der Waals surface area contributed by atoms with E-state index in [0.29, 0.717) is 39.1 Å². The first-order valence-electron chi connectivity index (χ1n) is 23.9. The van der Waals surface area contributed by atoms with E-state index in [0.717, 1.165) is 53.3 Å². The van der Waals surface area contributed by atoms with E-state index in [4.69, 9.17) is 24.1 Å². The highest BCUT2D eigenvalue weighted by atomic mass is 19.1. The molecule has 0 aromatic heterocycles. The summed E-state index contributed by atoms with van der Waals surface area (Å²) < 4.78 is 48.3. The zero-order valence-corrected chi connectivity index (χ0v) is 40.8. The molecule has 0 radical (unpaired) electrons. The average Bonchev–Trinajstić information content (AvgIpc) is 4.07. The Kier molecular flexibility index (Phi) is 20.9. The average molecular weight is 981 g/mol. The number of carbonyl (C=O) groups is 4. The van der Waals surface area contributed by atoms with Crippen molar-refractivity contribution in [3.63, 3.8) is 0 Å². The lowest BCUT2D eigenvalue weighted by atomic mass is 9.90. The summed E-state index contributed by atoms with van der Waals surface area (Å²) in [5.41, 5.74) is 5.36. The maximum absolute atomic E-state index is 13.9. The highest BCUT2D eigenvalue weighted by Gasteiger charge is 2.45. The van der Waals surface area contributed by atoms with E-state index in [1.807, 2.05) is 133 Å². The number of aliphatic hydroxyl groups excluding tert-OH is 1. The van der Waals surface area contributed by atoms with Crippen LogP contribution in [0.4, 0.5) is 8.78 Å². The van der Waals surface area contributed by atoms with Gasteiger partial charge in [-0.05, 0) is 70.5 Å². The van der Waals surface area contributed by atoms with Gasteiger partial charge < -0.3 is 33.9 Å². The third-order valence-corrected chi connectivity index (χ3v) is 12.5. The van der Waals surface area contributed by atoms with Gasteiger partial charge in [0.2, 0.25) is 11.8 Å². The van der Waals surface area contributed by atoms with Crippen LogP contribution in [0.25, 0.3) is 6.08 Å². The number of nitrogens with zero attached hydrogens (tertiary/aromatic N) is 2. The molecular weight excluding hydrogens is 919 g/mol. The second-order valence-electron chi connectivity index (χ2n) is 17.2. The van der Waals surface area contributed by atoms with Crippen LogP contribution in [0.2, 0.25) is 0 Å². The van der Waals surface area contributed by atoms with E-state index in [9.17, 15) is 28.0 Å². The predicted molar refractivity (Wildman–Crippen MR) is 271 cm³/mol. The summed E-state index contributed by atoms with van der Waals surface area (Å²) in [4.78, 5) is 56.2. The summed E-state index contributed by atoms with van der Waals surface area (Å²) in [6, 6.07) is 49.5. The summed E-state index contributed by atoms with van der Waals surface area (Å²) in [5, 5.41) is 7.00. The number of benzene rings is 6. The van der Waals surface area contributed by atoms with Crippen LogP contribution in [0.15, 0.2) is 176 Å². The number of ether oxygens (including phenoxy) is 4. The molecule has 0 saturated carbocycles. The van der Waals surface area contributed by atoms with Gasteiger partial charge in [0.25, 0.3) is 0 Å². The fourth-order valence-corrected chi connectivity index (χ4v) is 9.04. The third-order valence-electron chi connectivity index (χ3n) is 12.5. The molecule has 4 atom stereocenters. The molecule has 0 aliphatic carbocycles. The first-order chi connectivity index (χ1) is 35.1. The summed E-state index contributed by atoms with van der Waals surface area (Å²) >= 11 is 0. The summed E-state index contributed by atoms with van der Waals surface area (Å²) in [6.45, 7) is 1.40. The van der Waals surface area contributed by atoms with Gasteiger partial charge in [0, 0.05) is 39.6 Å². The number of halogens is 2. The molecule has 0 unspecified atom stereocenters. The number of carbonyl (C=O) groups excluding carboxylic acids is 4. The molecule has 72 heavy (non-hydrogen) atoms. The highest BCUT2D eigenvalue weighted by Crippen LogP contribution is 2.33. The number of amides is 2. The van der Waals surface area contributed by atoms with E-state index in [1.165, 1.54) is 38.5 Å². The van der Waals surface area contributed by atoms with Crippen molar-refractivity contribution >= 4 is 29.8 Å². The van der Waals surface area contributed by atoms with Crippen molar-refractivity contribution in [1.29, 1.82) is 0 Å². The van der Waals surface area contributed by atoms with Crippen LogP contribution in [-0.4, -0.2) is 111 Å². The van der Waals surface area contributed by atoms with Crippen LogP contribution < -0.4 is 0 Å². The van der Waals surface area contributed by atoms with E-state index >= 15 is 0 Å². The van der Waals surface area contributed by atoms with Gasteiger partial charge in [-0.1, -0.05) is 158 Å². The molecule has 0 bridgehead atoms. The number of hydrogen-bond donors (Lipinski definition) is 1. The molecule has 376 valence electrons. The zero-order chi connectivity index (χ0) is 51.2. The smallest absolute Gasteiger partial charge is 0.328 e. The van der Waals surface area contributed by atoms with Gasteiger partial charge in [0.15, 0.2) is 0 Å². The molecule has 1 N–H and O–H groups in total. The largest absolute Gasteiger partial charge is 0.467 e.